The van der Waals surface area contributed by atoms with Gasteiger partial charge in [-0.2, -0.15) is 0 Å². The number of anilines is 1. The largest absolute Gasteiger partial charge is 0.325 e. The molecule has 0 spiro atoms. The van der Waals surface area contributed by atoms with Crippen molar-refractivity contribution < 1.29 is 14.4 Å². The van der Waals surface area contributed by atoms with E-state index in [0.717, 1.165) is 0 Å². The molecular weight excluding hydrogens is 230 g/mol. The number of halogens is 1. The molecule has 4 nitrogen and oxygen atoms in total. The topological polar surface area (TPSA) is 63.2 Å². The molecule has 0 bridgehead atoms. The average molecular weight is 238 g/mol. The van der Waals surface area contributed by atoms with Crippen molar-refractivity contribution in [3.63, 3.8) is 0 Å². The summed E-state index contributed by atoms with van der Waals surface area (Å²) >= 11 is 5.59. The molecule has 0 aliphatic heterocycles. The number of carbonyl (C=O) groups excluding carboxylic acids is 3. The van der Waals surface area contributed by atoms with Gasteiger partial charge in [-0.1, -0.05) is 18.2 Å². The van der Waals surface area contributed by atoms with Gasteiger partial charge < -0.3 is 5.32 Å². The molecule has 2 atom stereocenters. The number of alkyl halides is 1. The van der Waals surface area contributed by atoms with Gasteiger partial charge in [0, 0.05) is 5.69 Å². The fourth-order valence-electron chi connectivity index (χ4n) is 1.47. The third kappa shape index (κ3) is 1.72. The number of Topliss-reactive ketones (excluding diaryl/α,β-unsaturated/α-hetero) is 2. The van der Waals surface area contributed by atoms with E-state index >= 15 is 0 Å². The molecule has 16 heavy (non-hydrogen) atoms. The number of hydrogen-bond acceptors (Lipinski definition) is 3. The molecule has 1 amide bonds. The molecule has 5 heteroatoms. The van der Waals surface area contributed by atoms with Crippen molar-refractivity contribution in [2.24, 2.45) is 5.92 Å². The Morgan fingerprint density at radius 3 is 2.31 bits per heavy atom. The summed E-state index contributed by atoms with van der Waals surface area (Å²) in [5.74, 6) is -2.98. The van der Waals surface area contributed by atoms with Gasteiger partial charge in [0.2, 0.25) is 17.5 Å². The van der Waals surface area contributed by atoms with Crippen LogP contribution in [-0.4, -0.2) is 22.9 Å². The highest BCUT2D eigenvalue weighted by molar-refractivity contribution is 6.61. The maximum absolute atomic E-state index is 11.6. The van der Waals surface area contributed by atoms with E-state index in [2.05, 4.69) is 5.32 Å². The summed E-state index contributed by atoms with van der Waals surface area (Å²) in [6.07, 6.45) is 0. The van der Waals surface area contributed by atoms with Crippen LogP contribution in [0.2, 0.25) is 0 Å². The van der Waals surface area contributed by atoms with Crippen molar-refractivity contribution in [1.29, 1.82) is 0 Å². The highest BCUT2D eigenvalue weighted by Gasteiger charge is 2.52. The lowest BCUT2D eigenvalue weighted by atomic mass is 9.81. The zero-order valence-corrected chi connectivity index (χ0v) is 8.90. The number of para-hydroxylation sites is 1. The van der Waals surface area contributed by atoms with E-state index in [-0.39, 0.29) is 0 Å². The molecule has 1 saturated carbocycles. The SMILES string of the molecule is O=C1C(=O)C(C(=O)Nc2ccccc2)C1Cl. The summed E-state index contributed by atoms with van der Waals surface area (Å²) in [6.45, 7) is 0. The Labute approximate surface area is 96.6 Å². The summed E-state index contributed by atoms with van der Waals surface area (Å²) in [6, 6.07) is 8.68. The van der Waals surface area contributed by atoms with Crippen LogP contribution >= 0.6 is 11.6 Å². The molecule has 2 unspecified atom stereocenters. The van der Waals surface area contributed by atoms with Crippen LogP contribution in [0.15, 0.2) is 30.3 Å². The second kappa shape index (κ2) is 4.06. The maximum atomic E-state index is 11.6. The molecule has 1 aliphatic carbocycles. The van der Waals surface area contributed by atoms with Crippen molar-refractivity contribution in [1.82, 2.24) is 0 Å². The van der Waals surface area contributed by atoms with Gasteiger partial charge in [-0.15, -0.1) is 11.6 Å². The molecule has 1 fully saturated rings. The minimum Gasteiger partial charge on any atom is -0.325 e. The first kappa shape index (κ1) is 10.8. The summed E-state index contributed by atoms with van der Waals surface area (Å²) in [5, 5.41) is 1.51. The Bertz CT molecular complexity index is 458. The van der Waals surface area contributed by atoms with E-state index in [1.165, 1.54) is 0 Å². The fourth-order valence-corrected chi connectivity index (χ4v) is 1.81. The second-order valence-electron chi connectivity index (χ2n) is 3.46. The van der Waals surface area contributed by atoms with E-state index < -0.39 is 28.8 Å². The third-order valence-corrected chi connectivity index (χ3v) is 2.84. The number of nitrogens with one attached hydrogen (secondary N) is 1. The van der Waals surface area contributed by atoms with Gasteiger partial charge >= 0.3 is 0 Å². The molecular formula is C11H8ClNO3. The van der Waals surface area contributed by atoms with Gasteiger partial charge in [-0.05, 0) is 12.1 Å². The molecule has 82 valence electrons. The molecule has 1 aromatic carbocycles. The highest BCUT2D eigenvalue weighted by Crippen LogP contribution is 2.26. The first-order valence-electron chi connectivity index (χ1n) is 4.69. The van der Waals surface area contributed by atoms with Crippen LogP contribution < -0.4 is 5.32 Å². The number of hydrogen-bond donors (Lipinski definition) is 1. The van der Waals surface area contributed by atoms with Gasteiger partial charge in [0.15, 0.2) is 0 Å². The molecule has 1 N–H and O–H groups in total. The predicted molar refractivity (Wildman–Crippen MR) is 58.2 cm³/mol. The predicted octanol–water partition coefficient (Wildman–Crippen LogP) is 1.00. The molecule has 1 aromatic rings. The van der Waals surface area contributed by atoms with Crippen molar-refractivity contribution in [2.45, 2.75) is 5.38 Å². The molecule has 2 rings (SSSR count). The van der Waals surface area contributed by atoms with Gasteiger partial charge in [0.1, 0.15) is 11.3 Å². The smallest absolute Gasteiger partial charge is 0.237 e. The van der Waals surface area contributed by atoms with Crippen LogP contribution in [0.25, 0.3) is 0 Å². The van der Waals surface area contributed by atoms with Crippen molar-refractivity contribution >= 4 is 34.8 Å². The average Bonchev–Trinajstić information content (AvgIpc) is 2.30. The van der Waals surface area contributed by atoms with Crippen LogP contribution in [0.5, 0.6) is 0 Å². The summed E-state index contributed by atoms with van der Waals surface area (Å²) in [5.41, 5.74) is 0.573. The minimum absolute atomic E-state index is 0.532. The number of ketones is 2. The van der Waals surface area contributed by atoms with E-state index in [1.807, 2.05) is 0 Å². The number of rotatable bonds is 2. The first-order valence-corrected chi connectivity index (χ1v) is 5.13. The molecule has 1 aliphatic rings. The van der Waals surface area contributed by atoms with Crippen LogP contribution in [-0.2, 0) is 14.4 Å². The summed E-state index contributed by atoms with van der Waals surface area (Å²) in [4.78, 5) is 33.6. The third-order valence-electron chi connectivity index (χ3n) is 2.39. The normalized spacial score (nSPS) is 23.8. The summed E-state index contributed by atoms with van der Waals surface area (Å²) in [7, 11) is 0. The standard InChI is InChI=1S/C11H8ClNO3/c12-8-7(9(14)10(8)15)11(16)13-6-4-2-1-3-5-6/h1-5,7-8H,(H,13,16). The zero-order chi connectivity index (χ0) is 11.7. The zero-order valence-electron chi connectivity index (χ0n) is 8.14. The van der Waals surface area contributed by atoms with Gasteiger partial charge in [0.25, 0.3) is 0 Å². The molecule has 0 aromatic heterocycles. The van der Waals surface area contributed by atoms with Crippen LogP contribution in [0, 0.1) is 5.92 Å². The number of amides is 1. The van der Waals surface area contributed by atoms with Gasteiger partial charge in [-0.3, -0.25) is 14.4 Å². The number of benzene rings is 1. The van der Waals surface area contributed by atoms with Crippen LogP contribution in [0.1, 0.15) is 0 Å². The monoisotopic (exact) mass is 237 g/mol. The Kier molecular flexibility index (Phi) is 2.75. The fraction of sp³-hybridized carbons (Fsp3) is 0.182. The second-order valence-corrected chi connectivity index (χ2v) is 3.93. The van der Waals surface area contributed by atoms with Gasteiger partial charge in [-0.25, -0.2) is 0 Å². The summed E-state index contributed by atoms with van der Waals surface area (Å²) < 4.78 is 0. The van der Waals surface area contributed by atoms with E-state index in [9.17, 15) is 14.4 Å². The van der Waals surface area contributed by atoms with Crippen LogP contribution in [0.4, 0.5) is 5.69 Å². The lowest BCUT2D eigenvalue weighted by molar-refractivity contribution is -0.149. The molecule has 0 radical (unpaired) electrons. The highest BCUT2D eigenvalue weighted by atomic mass is 35.5. The lowest BCUT2D eigenvalue weighted by Crippen LogP contribution is -2.55. The van der Waals surface area contributed by atoms with E-state index in [4.69, 9.17) is 11.6 Å². The minimum atomic E-state index is -1.05. The molecule has 0 saturated heterocycles. The lowest BCUT2D eigenvalue weighted by Gasteiger charge is -2.26. The Balaban J connectivity index is 2.05. The Hall–Kier alpha value is -1.68. The van der Waals surface area contributed by atoms with E-state index in [0.29, 0.717) is 5.69 Å². The van der Waals surface area contributed by atoms with Crippen LogP contribution in [0.3, 0.4) is 0 Å². The Morgan fingerprint density at radius 2 is 1.75 bits per heavy atom. The quantitative estimate of drug-likeness (QED) is 0.474. The first-order chi connectivity index (χ1) is 7.61. The van der Waals surface area contributed by atoms with E-state index in [1.54, 1.807) is 30.3 Å². The van der Waals surface area contributed by atoms with Crippen molar-refractivity contribution in [2.75, 3.05) is 5.32 Å². The van der Waals surface area contributed by atoms with Crippen molar-refractivity contribution in [3.05, 3.63) is 30.3 Å². The maximum Gasteiger partial charge on any atom is 0.237 e. The Morgan fingerprint density at radius 1 is 1.12 bits per heavy atom. The van der Waals surface area contributed by atoms with Crippen molar-refractivity contribution in [3.8, 4) is 0 Å². The van der Waals surface area contributed by atoms with Gasteiger partial charge in [0.05, 0.1) is 0 Å². The number of carbonyl (C=O) groups is 3. The molecule has 0 heterocycles.